The van der Waals surface area contributed by atoms with Gasteiger partial charge < -0.3 is 4.74 Å². The smallest absolute Gasteiger partial charge is 0.382 e. The van der Waals surface area contributed by atoms with Gasteiger partial charge in [-0.25, -0.2) is 87.8 Å². The van der Waals surface area contributed by atoms with E-state index in [2.05, 4.69) is 0 Å². The van der Waals surface area contributed by atoms with Gasteiger partial charge in [0, 0.05) is 13.2 Å². The molecule has 0 N–H and O–H groups in total. The van der Waals surface area contributed by atoms with E-state index in [1.165, 1.54) is 0 Å². The topological polar surface area (TPSA) is 9.23 Å². The second kappa shape index (κ2) is 15.8. The molecule has 0 aliphatic heterocycles. The Kier molecular flexibility index (Phi) is 13.4. The van der Waals surface area contributed by atoms with Crippen LogP contribution in [-0.4, -0.2) is 19.4 Å². The summed E-state index contributed by atoms with van der Waals surface area (Å²) >= 11 is 0. The zero-order chi connectivity index (χ0) is 38.5. The first-order valence-corrected chi connectivity index (χ1v) is 12.9. The Labute approximate surface area is 282 Å². The van der Waals surface area contributed by atoms with Crippen LogP contribution >= 0.6 is 0 Å². The van der Waals surface area contributed by atoms with Crippen LogP contribution in [0.25, 0.3) is 0 Å². The van der Waals surface area contributed by atoms with E-state index in [-0.39, 0.29) is 18.9 Å². The summed E-state index contributed by atoms with van der Waals surface area (Å²) < 4.78 is 299. The van der Waals surface area contributed by atoms with E-state index in [0.717, 1.165) is 13.2 Å². The van der Waals surface area contributed by atoms with Crippen molar-refractivity contribution in [1.82, 2.24) is 0 Å². The van der Waals surface area contributed by atoms with Crippen LogP contribution in [0.3, 0.4) is 0 Å². The Balaban J connectivity index is 0.00000140. The Morgan fingerprint density at radius 3 is 0.490 bits per heavy atom. The van der Waals surface area contributed by atoms with Gasteiger partial charge in [0.1, 0.15) is 52.7 Å². The van der Waals surface area contributed by atoms with Crippen LogP contribution in [0.1, 0.15) is 13.8 Å². The van der Waals surface area contributed by atoms with Gasteiger partial charge in [-0.2, -0.15) is 0 Å². The van der Waals surface area contributed by atoms with Crippen LogP contribution in [0, 0.1) is 116 Å². The fraction of sp³-hybridized carbons (Fsp3) is 0.143. The van der Waals surface area contributed by atoms with Crippen LogP contribution in [0.4, 0.5) is 87.8 Å². The Morgan fingerprint density at radius 2 is 0.392 bits per heavy atom. The fourth-order valence-electron chi connectivity index (χ4n) is 5.08. The summed E-state index contributed by atoms with van der Waals surface area (Å²) in [6, 6.07) is 0. The van der Waals surface area contributed by atoms with E-state index >= 15 is 35.1 Å². The van der Waals surface area contributed by atoms with Crippen molar-refractivity contribution < 1.29 is 111 Å². The van der Waals surface area contributed by atoms with Crippen LogP contribution < -0.4 is 40.7 Å². The predicted octanol–water partition coefficient (Wildman–Crippen LogP) is 3.89. The molecule has 0 aliphatic carbocycles. The summed E-state index contributed by atoms with van der Waals surface area (Å²) in [5, 5.41) is 0. The van der Waals surface area contributed by atoms with Gasteiger partial charge >= 0.3 is 18.9 Å². The molecule has 0 amide bonds. The molecule has 4 aromatic rings. The van der Waals surface area contributed by atoms with Gasteiger partial charge in [0.2, 0.25) is 0 Å². The Morgan fingerprint density at radius 1 is 0.275 bits per heavy atom. The zero-order valence-corrected chi connectivity index (χ0v) is 25.0. The summed E-state index contributed by atoms with van der Waals surface area (Å²) in [5.74, 6) is -71.4. The third-order valence-corrected chi connectivity index (χ3v) is 7.12. The van der Waals surface area contributed by atoms with Gasteiger partial charge in [-0.05, 0) is 13.8 Å². The molecule has 0 unspecified atom stereocenters. The average Bonchev–Trinajstić information content (AvgIpc) is 3.08. The molecule has 0 saturated carbocycles. The quantitative estimate of drug-likeness (QED) is 0.126. The number of hydrogen-bond acceptors (Lipinski definition) is 1. The van der Waals surface area contributed by atoms with E-state index in [9.17, 15) is 52.7 Å². The number of benzene rings is 4. The summed E-state index contributed by atoms with van der Waals surface area (Å²) in [4.78, 5) is 0. The predicted molar refractivity (Wildman–Crippen MR) is 131 cm³/mol. The Bertz CT molecular complexity index is 1640. The number of hydrogen-bond donors (Lipinski definition) is 0. The average molecular weight is 760 g/mol. The molecule has 51 heavy (non-hydrogen) atoms. The molecule has 0 bridgehead atoms. The molecule has 0 radical (unpaired) electrons. The molecule has 4 rings (SSSR count). The Hall–Kier alpha value is -3.90. The molecule has 4 aromatic carbocycles. The molecule has 0 heterocycles. The molecule has 0 spiro atoms. The first-order chi connectivity index (χ1) is 23.1. The summed E-state index contributed by atoms with van der Waals surface area (Å²) in [6.07, 6.45) is -7.22. The molecular formula is C28H10BF20LiO. The number of ether oxygens (including phenoxy) is 1. The van der Waals surface area contributed by atoms with Crippen molar-refractivity contribution in [3.63, 3.8) is 0 Å². The summed E-state index contributed by atoms with van der Waals surface area (Å²) in [5.41, 5.74) is -14.3. The second-order valence-electron chi connectivity index (χ2n) is 9.58. The van der Waals surface area contributed by atoms with Crippen LogP contribution in [0.5, 0.6) is 0 Å². The first kappa shape index (κ1) is 43.3. The minimum atomic E-state index is -7.22. The molecule has 272 valence electrons. The van der Waals surface area contributed by atoms with Crippen molar-refractivity contribution in [3.8, 4) is 0 Å². The van der Waals surface area contributed by atoms with Crippen molar-refractivity contribution in [2.45, 2.75) is 13.8 Å². The fourth-order valence-corrected chi connectivity index (χ4v) is 5.08. The van der Waals surface area contributed by atoms with Gasteiger partial charge in [0.15, 0.2) is 69.8 Å². The molecule has 0 fully saturated rings. The van der Waals surface area contributed by atoms with Crippen LogP contribution in [0.15, 0.2) is 0 Å². The monoisotopic (exact) mass is 760 g/mol. The largest absolute Gasteiger partial charge is 1.00 e. The van der Waals surface area contributed by atoms with Crippen molar-refractivity contribution in [1.29, 1.82) is 0 Å². The van der Waals surface area contributed by atoms with Crippen LogP contribution in [0.2, 0.25) is 0 Å². The third-order valence-electron chi connectivity index (χ3n) is 7.12. The first-order valence-electron chi connectivity index (χ1n) is 12.9. The van der Waals surface area contributed by atoms with E-state index in [1.807, 2.05) is 13.8 Å². The van der Waals surface area contributed by atoms with E-state index < -0.39 is 144 Å². The normalized spacial score (nSPS) is 11.4. The zero-order valence-electron chi connectivity index (χ0n) is 25.0. The SMILES string of the molecule is CCOCC.Fc1c(F)c(F)c([B-](c2c(F)c(F)c(F)c(F)c2F)(c2c(F)c(F)c(F)c(F)c2F)c2c(F)c(F)c(F)c(F)c2F)c(F)c1F.[Li+]. The third kappa shape index (κ3) is 6.43. The van der Waals surface area contributed by atoms with Gasteiger partial charge in [0.25, 0.3) is 0 Å². The molecule has 0 atom stereocenters. The van der Waals surface area contributed by atoms with Crippen molar-refractivity contribution in [2.75, 3.05) is 13.2 Å². The standard InChI is InChI=1S/C24BF20.C4H10O.Li/c26-5-1(6(27)14(35)21(42)13(5)34)25(2-7(28)15(36)22(43)16(37)8(2)29,3-9(30)17(38)23(44)18(39)10(3)31)4-11(32)19(40)24(45)20(41)12(4)33;1-3-5-4-2;/h;3-4H2,1-2H3;/q-1;;+1. The molecule has 23 heteroatoms. The molecule has 0 aliphatic rings. The van der Waals surface area contributed by atoms with E-state index in [0.29, 0.717) is 0 Å². The maximum absolute atomic E-state index is 15.4. The molecule has 1 nitrogen and oxygen atoms in total. The van der Waals surface area contributed by atoms with Gasteiger partial charge in [0.05, 0.1) is 0 Å². The molecular weight excluding hydrogens is 750 g/mol. The summed E-state index contributed by atoms with van der Waals surface area (Å²) in [7, 11) is 0. The van der Waals surface area contributed by atoms with Crippen molar-refractivity contribution in [3.05, 3.63) is 116 Å². The maximum Gasteiger partial charge on any atom is 1.00 e. The van der Waals surface area contributed by atoms with Gasteiger partial charge in [-0.3, -0.25) is 0 Å². The number of halogens is 20. The van der Waals surface area contributed by atoms with Gasteiger partial charge in [-0.1, -0.05) is 0 Å². The van der Waals surface area contributed by atoms with E-state index in [4.69, 9.17) is 4.74 Å². The van der Waals surface area contributed by atoms with Crippen LogP contribution in [-0.2, 0) is 4.74 Å². The van der Waals surface area contributed by atoms with E-state index in [1.54, 1.807) is 0 Å². The second-order valence-corrected chi connectivity index (χ2v) is 9.58. The van der Waals surface area contributed by atoms with Gasteiger partial charge in [-0.15, -0.1) is 21.9 Å². The minimum Gasteiger partial charge on any atom is -0.382 e. The molecule has 0 aromatic heterocycles. The number of rotatable bonds is 6. The maximum atomic E-state index is 15.4. The summed E-state index contributed by atoms with van der Waals surface area (Å²) in [6.45, 7) is 5.67. The van der Waals surface area contributed by atoms with Crippen molar-refractivity contribution in [2.24, 2.45) is 0 Å². The minimum absolute atomic E-state index is 0. The van der Waals surface area contributed by atoms with Crippen molar-refractivity contribution >= 4 is 28.0 Å². The molecule has 0 saturated heterocycles.